The quantitative estimate of drug-likeness (QED) is 0.209. The van der Waals surface area contributed by atoms with Gasteiger partial charge in [-0.2, -0.15) is 4.80 Å². The average molecular weight is 747 g/mol. The number of rotatable bonds is 15. The fraction of sp³-hybridized carbons (Fsp3) is 0.529. The lowest BCUT2D eigenvalue weighted by Gasteiger charge is -2.31. The van der Waals surface area contributed by atoms with Gasteiger partial charge in [0.05, 0.1) is 30.4 Å². The molecule has 2 aromatic carbocycles. The molecular formula is C34H41F3N8O6S. The predicted molar refractivity (Wildman–Crippen MR) is 181 cm³/mol. The number of amides is 3. The monoisotopic (exact) mass is 746 g/mol. The number of carbonyl (C=O) groups excluding carboxylic acids is 3. The molecule has 1 unspecified atom stereocenters. The Hall–Kier alpha value is -4.58. The van der Waals surface area contributed by atoms with Gasteiger partial charge in [0, 0.05) is 18.5 Å². The molecule has 0 spiro atoms. The number of ether oxygens (including phenoxy) is 1. The Morgan fingerprint density at radius 2 is 1.83 bits per heavy atom. The zero-order valence-corrected chi connectivity index (χ0v) is 29.7. The van der Waals surface area contributed by atoms with E-state index in [1.54, 1.807) is 36.4 Å². The van der Waals surface area contributed by atoms with Crippen molar-refractivity contribution in [2.75, 3.05) is 20.2 Å². The number of hydrogen-bond donors (Lipinski definition) is 3. The molecule has 1 aliphatic heterocycles. The van der Waals surface area contributed by atoms with Crippen molar-refractivity contribution in [1.29, 1.82) is 0 Å². The highest BCUT2D eigenvalue weighted by molar-refractivity contribution is 7.91. The average Bonchev–Trinajstić information content (AvgIpc) is 3.99. The van der Waals surface area contributed by atoms with E-state index in [1.165, 1.54) is 28.9 Å². The minimum Gasteiger partial charge on any atom is -0.497 e. The van der Waals surface area contributed by atoms with Crippen molar-refractivity contribution in [3.8, 4) is 17.1 Å². The molecule has 1 aromatic heterocycles. The van der Waals surface area contributed by atoms with E-state index in [-0.39, 0.29) is 30.5 Å². The third-order valence-electron chi connectivity index (χ3n) is 9.84. The Labute approximate surface area is 298 Å². The van der Waals surface area contributed by atoms with E-state index < -0.39 is 75.4 Å². The molecule has 3 N–H and O–H groups in total. The highest BCUT2D eigenvalue weighted by atomic mass is 32.2. The maximum atomic E-state index is 14.3. The van der Waals surface area contributed by atoms with E-state index in [4.69, 9.17) is 4.74 Å². The van der Waals surface area contributed by atoms with Crippen molar-refractivity contribution in [3.05, 3.63) is 59.9 Å². The molecule has 2 aliphatic carbocycles. The van der Waals surface area contributed by atoms with Crippen LogP contribution in [0.5, 0.6) is 5.75 Å². The van der Waals surface area contributed by atoms with Crippen LogP contribution in [0.1, 0.15) is 51.1 Å². The van der Waals surface area contributed by atoms with Crippen LogP contribution < -0.4 is 20.1 Å². The fourth-order valence-electron chi connectivity index (χ4n) is 6.60. The van der Waals surface area contributed by atoms with Crippen LogP contribution in [-0.2, 0) is 30.8 Å². The van der Waals surface area contributed by atoms with E-state index in [9.17, 15) is 36.0 Å². The number of tetrazole rings is 1. The Balaban J connectivity index is 1.25. The van der Waals surface area contributed by atoms with Crippen LogP contribution >= 0.6 is 0 Å². The molecule has 3 amide bonds. The van der Waals surface area contributed by atoms with Crippen molar-refractivity contribution < 1.29 is 40.7 Å². The first-order chi connectivity index (χ1) is 24.7. The van der Waals surface area contributed by atoms with Crippen molar-refractivity contribution >= 4 is 27.7 Å². The van der Waals surface area contributed by atoms with E-state index >= 15 is 0 Å². The SMILES string of the molecule is COc1ccc(-c2nnn([C@@H]3CC(C(=O)N[C@]4(C(=O)NS(=O)(=O)C5CC5)C[C@H]4C(F)F)N(C(=O)[C@@H](NCCc4cccc(F)c4)C(C)C)C3)n2)cc1. The number of benzene rings is 2. The minimum atomic E-state index is -4.10. The summed E-state index contributed by atoms with van der Waals surface area (Å²) in [6.07, 6.45) is -2.46. The zero-order valence-electron chi connectivity index (χ0n) is 28.8. The summed E-state index contributed by atoms with van der Waals surface area (Å²) in [5, 5.41) is 17.7. The van der Waals surface area contributed by atoms with Gasteiger partial charge in [-0.25, -0.2) is 21.6 Å². The summed E-state index contributed by atoms with van der Waals surface area (Å²) in [5.41, 5.74) is -0.819. The summed E-state index contributed by atoms with van der Waals surface area (Å²) in [6, 6.07) is 10.3. The second kappa shape index (κ2) is 14.8. The van der Waals surface area contributed by atoms with Crippen molar-refractivity contribution in [2.45, 2.75) is 81.3 Å². The van der Waals surface area contributed by atoms with Gasteiger partial charge >= 0.3 is 0 Å². The number of sulfonamides is 1. The summed E-state index contributed by atoms with van der Waals surface area (Å²) >= 11 is 0. The van der Waals surface area contributed by atoms with Crippen molar-refractivity contribution in [1.82, 2.24) is 40.5 Å². The summed E-state index contributed by atoms with van der Waals surface area (Å²) < 4.78 is 74.1. The number of carbonyl (C=O) groups is 3. The van der Waals surface area contributed by atoms with Gasteiger partial charge in [-0.05, 0) is 85.3 Å². The number of nitrogens with zero attached hydrogens (tertiary/aromatic N) is 5. The van der Waals surface area contributed by atoms with Crippen LogP contribution in [0.15, 0.2) is 48.5 Å². The van der Waals surface area contributed by atoms with Crippen LogP contribution in [0.2, 0.25) is 0 Å². The first-order valence-corrected chi connectivity index (χ1v) is 18.7. The van der Waals surface area contributed by atoms with Crippen LogP contribution in [0.25, 0.3) is 11.4 Å². The van der Waals surface area contributed by atoms with Crippen molar-refractivity contribution in [3.63, 3.8) is 0 Å². The third-order valence-corrected chi connectivity index (χ3v) is 11.7. The molecule has 6 rings (SSSR count). The lowest BCUT2D eigenvalue weighted by molar-refractivity contribution is -0.142. The largest absolute Gasteiger partial charge is 0.497 e. The number of hydrogen-bond acceptors (Lipinski definition) is 10. The van der Waals surface area contributed by atoms with Gasteiger partial charge in [0.25, 0.3) is 5.91 Å². The van der Waals surface area contributed by atoms with E-state index in [2.05, 4.69) is 26.0 Å². The van der Waals surface area contributed by atoms with E-state index in [0.29, 0.717) is 37.1 Å². The molecule has 280 valence electrons. The summed E-state index contributed by atoms with van der Waals surface area (Å²) in [5.74, 6) is -3.97. The Kier molecular flexibility index (Phi) is 10.6. The normalized spacial score (nSPS) is 23.5. The minimum absolute atomic E-state index is 0.0541. The molecule has 2 heterocycles. The maximum Gasteiger partial charge on any atom is 0.259 e. The molecule has 5 atom stereocenters. The highest BCUT2D eigenvalue weighted by Crippen LogP contribution is 2.48. The Morgan fingerprint density at radius 3 is 2.44 bits per heavy atom. The number of aromatic nitrogens is 4. The predicted octanol–water partition coefficient (Wildman–Crippen LogP) is 2.24. The first-order valence-electron chi connectivity index (χ1n) is 17.1. The maximum absolute atomic E-state index is 14.3. The first kappa shape index (κ1) is 37.2. The van der Waals surface area contributed by atoms with Crippen LogP contribution in [0.3, 0.4) is 0 Å². The lowest BCUT2D eigenvalue weighted by atomic mass is 10.0. The van der Waals surface area contributed by atoms with Gasteiger partial charge < -0.3 is 20.3 Å². The molecule has 52 heavy (non-hydrogen) atoms. The standard InChI is InChI=1S/C34H41F3N8O6S/c1-19(2)28(38-14-13-20-5-4-6-22(35)15-20)32(47)44-18-23(45-41-30(40-43-45)21-7-9-24(51-3)10-8-21)16-27(44)31(46)39-34(17-26(34)29(36)37)33(48)42-52(49,50)25-11-12-25/h4-10,15,19,23,25-29,38H,11-14,16-18H2,1-3H3,(H,39,46)(H,42,48)/t23-,26+,27?,28+,34-/m1/s1. The van der Waals surface area contributed by atoms with E-state index in [1.807, 2.05) is 18.6 Å². The Bertz CT molecular complexity index is 1910. The molecule has 3 aromatic rings. The van der Waals surface area contributed by atoms with Gasteiger partial charge in [-0.1, -0.05) is 26.0 Å². The van der Waals surface area contributed by atoms with Gasteiger partial charge in [0.1, 0.15) is 23.1 Å². The van der Waals surface area contributed by atoms with E-state index in [0.717, 1.165) is 5.56 Å². The topological polar surface area (TPSA) is 178 Å². The zero-order chi connectivity index (χ0) is 37.4. The lowest BCUT2D eigenvalue weighted by Crippen LogP contribution is -2.59. The van der Waals surface area contributed by atoms with Gasteiger partial charge in [-0.3, -0.25) is 19.1 Å². The number of likely N-dealkylation sites (tertiary alicyclic amines) is 1. The fourth-order valence-corrected chi connectivity index (χ4v) is 7.96. The van der Waals surface area contributed by atoms with Gasteiger partial charge in [-0.15, -0.1) is 10.2 Å². The molecule has 3 aliphatic rings. The number of methoxy groups -OCH3 is 1. The number of alkyl halides is 2. The van der Waals surface area contributed by atoms with Crippen LogP contribution in [0, 0.1) is 17.7 Å². The van der Waals surface area contributed by atoms with Gasteiger partial charge in [0.2, 0.25) is 34.1 Å². The number of nitrogens with one attached hydrogen (secondary N) is 3. The smallest absolute Gasteiger partial charge is 0.259 e. The summed E-state index contributed by atoms with van der Waals surface area (Å²) in [4.78, 5) is 44.2. The molecule has 1 saturated heterocycles. The molecular weight excluding hydrogens is 705 g/mol. The second-order valence-corrected chi connectivity index (χ2v) is 15.9. The molecule has 3 fully saturated rings. The highest BCUT2D eigenvalue weighted by Gasteiger charge is 2.66. The molecule has 0 bridgehead atoms. The molecule has 2 saturated carbocycles. The molecule has 0 radical (unpaired) electrons. The van der Waals surface area contributed by atoms with Crippen LogP contribution in [0.4, 0.5) is 13.2 Å². The summed E-state index contributed by atoms with van der Waals surface area (Å²) in [7, 11) is -2.57. The van der Waals surface area contributed by atoms with Gasteiger partial charge in [0.15, 0.2) is 0 Å². The second-order valence-electron chi connectivity index (χ2n) is 13.9. The molecule has 14 nitrogen and oxygen atoms in total. The van der Waals surface area contributed by atoms with Crippen molar-refractivity contribution in [2.24, 2.45) is 11.8 Å². The number of halogens is 3. The Morgan fingerprint density at radius 1 is 1.10 bits per heavy atom. The third kappa shape index (κ3) is 7.91. The summed E-state index contributed by atoms with van der Waals surface area (Å²) in [6.45, 7) is 3.88. The van der Waals surface area contributed by atoms with Crippen LogP contribution in [-0.4, -0.2) is 101 Å². The molecule has 18 heteroatoms.